The van der Waals surface area contributed by atoms with E-state index < -0.39 is 11.9 Å². The smallest absolute Gasteiger partial charge is 0.325 e. The number of amides is 2. The summed E-state index contributed by atoms with van der Waals surface area (Å²) in [7, 11) is 2.96. The van der Waals surface area contributed by atoms with Crippen LogP contribution in [0.25, 0.3) is 0 Å². The van der Waals surface area contributed by atoms with Crippen molar-refractivity contribution in [2.45, 2.75) is 27.4 Å². The highest BCUT2D eigenvalue weighted by atomic mass is 32.1. The number of benzene rings is 2. The number of methoxy groups -OCH3 is 2. The van der Waals surface area contributed by atoms with Crippen LogP contribution in [0.1, 0.15) is 34.1 Å². The second-order valence-electron chi connectivity index (χ2n) is 7.71. The lowest BCUT2D eigenvalue weighted by Gasteiger charge is -2.20. The summed E-state index contributed by atoms with van der Waals surface area (Å²) in [5.41, 5.74) is 3.58. The predicted octanol–water partition coefficient (Wildman–Crippen LogP) is 3.93. The molecule has 0 unspecified atom stereocenters. The highest BCUT2D eigenvalue weighted by Crippen LogP contribution is 2.32. The molecule has 2 aromatic carbocycles. The molecule has 0 radical (unpaired) electrons. The number of carbonyl (C=O) groups is 3. The van der Waals surface area contributed by atoms with E-state index in [-0.39, 0.29) is 24.6 Å². The quantitative estimate of drug-likeness (QED) is 0.446. The van der Waals surface area contributed by atoms with E-state index in [1.807, 2.05) is 32.0 Å². The van der Waals surface area contributed by atoms with Crippen LogP contribution < -0.4 is 19.7 Å². The van der Waals surface area contributed by atoms with Gasteiger partial charge in [0, 0.05) is 23.9 Å². The molecule has 0 aliphatic carbocycles. The number of ether oxygens (including phenoxy) is 3. The van der Waals surface area contributed by atoms with E-state index in [4.69, 9.17) is 14.2 Å². The van der Waals surface area contributed by atoms with Crippen molar-refractivity contribution in [3.05, 3.63) is 64.2 Å². The molecule has 184 valence electrons. The lowest BCUT2D eigenvalue weighted by atomic mass is 10.1. The van der Waals surface area contributed by atoms with Gasteiger partial charge in [-0.05, 0) is 37.6 Å². The molecule has 3 aromatic rings. The van der Waals surface area contributed by atoms with Gasteiger partial charge in [0.15, 0.2) is 5.13 Å². The molecule has 0 aliphatic heterocycles. The standard InChI is InChI=1S/C25H27N3O6S/c1-15-6-7-22(16(2)8-15)28(17(3)29)25-27-19(14-35-25)13-34-23(30)12-26-24(31)18-9-20(32-4)11-21(10-18)33-5/h6-11,14H,12-13H2,1-5H3,(H,26,31). The SMILES string of the molecule is COc1cc(OC)cc(C(=O)NCC(=O)OCc2csc(N(C(C)=O)c3ccc(C)cc3C)n2)c1. The average molecular weight is 498 g/mol. The molecular formula is C25H27N3O6S. The zero-order chi connectivity index (χ0) is 25.5. The number of thiazole rings is 1. The monoisotopic (exact) mass is 497 g/mol. The number of esters is 1. The van der Waals surface area contributed by atoms with Gasteiger partial charge in [-0.25, -0.2) is 4.98 Å². The minimum atomic E-state index is -0.624. The Labute approximate surface area is 207 Å². The maximum absolute atomic E-state index is 12.4. The molecule has 0 fully saturated rings. The van der Waals surface area contributed by atoms with Crippen molar-refractivity contribution in [3.8, 4) is 11.5 Å². The topological polar surface area (TPSA) is 107 Å². The van der Waals surface area contributed by atoms with Crippen LogP contribution >= 0.6 is 11.3 Å². The third-order valence-electron chi connectivity index (χ3n) is 5.03. The molecule has 0 saturated heterocycles. The Bertz CT molecular complexity index is 1220. The van der Waals surface area contributed by atoms with Gasteiger partial charge in [0.2, 0.25) is 5.91 Å². The van der Waals surface area contributed by atoms with Crippen molar-refractivity contribution in [2.24, 2.45) is 0 Å². The minimum absolute atomic E-state index is 0.0865. The molecule has 10 heteroatoms. The minimum Gasteiger partial charge on any atom is -0.497 e. The van der Waals surface area contributed by atoms with Crippen molar-refractivity contribution < 1.29 is 28.6 Å². The first-order valence-corrected chi connectivity index (χ1v) is 11.6. The molecule has 0 bridgehead atoms. The van der Waals surface area contributed by atoms with Crippen molar-refractivity contribution in [2.75, 3.05) is 25.7 Å². The van der Waals surface area contributed by atoms with E-state index in [9.17, 15) is 14.4 Å². The number of rotatable bonds is 9. The number of aromatic nitrogens is 1. The summed E-state index contributed by atoms with van der Waals surface area (Å²) in [6.07, 6.45) is 0. The predicted molar refractivity (Wildman–Crippen MR) is 133 cm³/mol. The Balaban J connectivity index is 1.59. The van der Waals surface area contributed by atoms with E-state index in [2.05, 4.69) is 10.3 Å². The first kappa shape index (κ1) is 25.7. The summed E-state index contributed by atoms with van der Waals surface area (Å²) in [5.74, 6) is -0.360. The first-order valence-electron chi connectivity index (χ1n) is 10.7. The molecule has 35 heavy (non-hydrogen) atoms. The largest absolute Gasteiger partial charge is 0.497 e. The number of aryl methyl sites for hydroxylation is 2. The molecule has 9 nitrogen and oxygen atoms in total. The van der Waals surface area contributed by atoms with Gasteiger partial charge in [0.25, 0.3) is 5.91 Å². The van der Waals surface area contributed by atoms with Crippen molar-refractivity contribution in [1.82, 2.24) is 10.3 Å². The lowest BCUT2D eigenvalue weighted by molar-refractivity contribution is -0.143. The highest BCUT2D eigenvalue weighted by Gasteiger charge is 2.20. The third-order valence-corrected chi connectivity index (χ3v) is 5.90. The van der Waals surface area contributed by atoms with Crippen LogP contribution in [0.3, 0.4) is 0 Å². The maximum Gasteiger partial charge on any atom is 0.325 e. The molecule has 0 atom stereocenters. The maximum atomic E-state index is 12.4. The van der Waals surface area contributed by atoms with Gasteiger partial charge in [-0.3, -0.25) is 19.3 Å². The second kappa shape index (κ2) is 11.5. The average Bonchev–Trinajstić information content (AvgIpc) is 3.30. The molecule has 0 spiro atoms. The van der Waals surface area contributed by atoms with Gasteiger partial charge in [0.1, 0.15) is 24.7 Å². The van der Waals surface area contributed by atoms with Crippen LogP contribution in [0.15, 0.2) is 41.8 Å². The first-order chi connectivity index (χ1) is 16.7. The van der Waals surface area contributed by atoms with E-state index in [0.29, 0.717) is 22.3 Å². The highest BCUT2D eigenvalue weighted by molar-refractivity contribution is 7.14. The van der Waals surface area contributed by atoms with Crippen LogP contribution in [0.4, 0.5) is 10.8 Å². The van der Waals surface area contributed by atoms with Gasteiger partial charge in [-0.15, -0.1) is 11.3 Å². The Morgan fingerprint density at radius 3 is 2.31 bits per heavy atom. The van der Waals surface area contributed by atoms with Crippen molar-refractivity contribution in [1.29, 1.82) is 0 Å². The zero-order valence-corrected chi connectivity index (χ0v) is 21.0. The normalized spacial score (nSPS) is 10.4. The third kappa shape index (κ3) is 6.57. The van der Waals surface area contributed by atoms with Crippen LogP contribution in [0, 0.1) is 13.8 Å². The van der Waals surface area contributed by atoms with Crippen LogP contribution in [0.2, 0.25) is 0 Å². The van der Waals surface area contributed by atoms with Gasteiger partial charge >= 0.3 is 5.97 Å². The number of nitrogens with one attached hydrogen (secondary N) is 1. The molecule has 1 aromatic heterocycles. The fraction of sp³-hybridized carbons (Fsp3) is 0.280. The van der Waals surface area contributed by atoms with E-state index in [1.54, 1.807) is 11.4 Å². The van der Waals surface area contributed by atoms with E-state index in [1.165, 1.54) is 49.5 Å². The summed E-state index contributed by atoms with van der Waals surface area (Å²) >= 11 is 1.28. The molecular weight excluding hydrogens is 470 g/mol. The summed E-state index contributed by atoms with van der Waals surface area (Å²) in [4.78, 5) is 42.9. The van der Waals surface area contributed by atoms with Gasteiger partial charge in [0.05, 0.1) is 25.6 Å². The van der Waals surface area contributed by atoms with E-state index >= 15 is 0 Å². The number of nitrogens with zero attached hydrogens (tertiary/aromatic N) is 2. The Morgan fingerprint density at radius 1 is 1.03 bits per heavy atom. The summed E-state index contributed by atoms with van der Waals surface area (Å²) in [5, 5.41) is 4.72. The van der Waals surface area contributed by atoms with E-state index in [0.717, 1.165) is 16.8 Å². The Hall–Kier alpha value is -3.92. The molecule has 1 heterocycles. The Morgan fingerprint density at radius 2 is 1.71 bits per heavy atom. The van der Waals surface area contributed by atoms with Gasteiger partial charge in [-0.2, -0.15) is 0 Å². The van der Waals surface area contributed by atoms with Crippen LogP contribution in [-0.4, -0.2) is 43.5 Å². The van der Waals surface area contributed by atoms with Crippen molar-refractivity contribution in [3.63, 3.8) is 0 Å². The number of hydrogen-bond donors (Lipinski definition) is 1. The Kier molecular flexibility index (Phi) is 8.43. The molecule has 1 N–H and O–H groups in total. The molecule has 2 amide bonds. The molecule has 0 aliphatic rings. The molecule has 3 rings (SSSR count). The second-order valence-corrected chi connectivity index (χ2v) is 8.55. The number of hydrogen-bond acceptors (Lipinski definition) is 8. The summed E-state index contributed by atoms with van der Waals surface area (Å²) in [6, 6.07) is 10.5. The van der Waals surface area contributed by atoms with Crippen molar-refractivity contribution >= 4 is 39.9 Å². The lowest BCUT2D eigenvalue weighted by Crippen LogP contribution is -2.30. The van der Waals surface area contributed by atoms with Gasteiger partial charge in [-0.1, -0.05) is 17.7 Å². The van der Waals surface area contributed by atoms with Crippen LogP contribution in [-0.2, 0) is 20.9 Å². The number of carbonyl (C=O) groups excluding carboxylic acids is 3. The summed E-state index contributed by atoms with van der Waals surface area (Å²) < 4.78 is 15.5. The fourth-order valence-corrected chi connectivity index (χ4v) is 4.19. The van der Waals surface area contributed by atoms with Gasteiger partial charge < -0.3 is 19.5 Å². The fourth-order valence-electron chi connectivity index (χ4n) is 3.33. The number of anilines is 2. The summed E-state index contributed by atoms with van der Waals surface area (Å²) in [6.45, 7) is 4.99. The molecule has 0 saturated carbocycles. The zero-order valence-electron chi connectivity index (χ0n) is 20.2. The van der Waals surface area contributed by atoms with Crippen LogP contribution in [0.5, 0.6) is 11.5 Å².